The van der Waals surface area contributed by atoms with Gasteiger partial charge in [0.15, 0.2) is 0 Å². The fourth-order valence-electron chi connectivity index (χ4n) is 1.80. The number of rotatable bonds is 3. The van der Waals surface area contributed by atoms with E-state index in [0.29, 0.717) is 6.61 Å². The van der Waals surface area contributed by atoms with E-state index in [9.17, 15) is 0 Å². The van der Waals surface area contributed by atoms with Crippen LogP contribution in [0.5, 0.6) is 5.75 Å². The number of benzene rings is 2. The van der Waals surface area contributed by atoms with Gasteiger partial charge in [-0.05, 0) is 42.7 Å². The van der Waals surface area contributed by atoms with Gasteiger partial charge in [-0.15, -0.1) is 0 Å². The molecule has 0 heterocycles. The van der Waals surface area contributed by atoms with Crippen LogP contribution in [0.3, 0.4) is 0 Å². The molecule has 0 spiro atoms. The molecule has 0 radical (unpaired) electrons. The maximum absolute atomic E-state index is 5.55. The molecule has 0 unspecified atom stereocenters. The van der Waals surface area contributed by atoms with E-state index in [2.05, 4.69) is 63.2 Å². The van der Waals surface area contributed by atoms with Crippen LogP contribution in [0.4, 0.5) is 0 Å². The molecule has 2 aromatic rings. The maximum atomic E-state index is 5.55. The molecule has 0 atom stereocenters. The van der Waals surface area contributed by atoms with Crippen LogP contribution in [0.25, 0.3) is 11.1 Å². The Balaban J connectivity index is 0.000000550. The molecule has 0 aliphatic rings. The van der Waals surface area contributed by atoms with E-state index in [1.54, 1.807) is 0 Å². The van der Waals surface area contributed by atoms with E-state index < -0.39 is 0 Å². The van der Waals surface area contributed by atoms with Gasteiger partial charge in [0.25, 0.3) is 0 Å². The molecule has 0 aliphatic heterocycles. The van der Waals surface area contributed by atoms with Crippen molar-refractivity contribution in [1.29, 1.82) is 0 Å². The summed E-state index contributed by atoms with van der Waals surface area (Å²) < 4.78 is 5.55. The van der Waals surface area contributed by atoms with E-state index in [4.69, 9.17) is 4.74 Å². The van der Waals surface area contributed by atoms with E-state index >= 15 is 0 Å². The zero-order chi connectivity index (χ0) is 14.1. The summed E-state index contributed by atoms with van der Waals surface area (Å²) in [6.07, 6.45) is 1.25. The van der Waals surface area contributed by atoms with Crippen LogP contribution in [-0.4, -0.2) is 6.61 Å². The Morgan fingerprint density at radius 2 is 1.47 bits per heavy atom. The highest BCUT2D eigenvalue weighted by Gasteiger charge is 2.01. The molecule has 19 heavy (non-hydrogen) atoms. The number of hydrogen-bond acceptors (Lipinski definition) is 1. The topological polar surface area (TPSA) is 9.23 Å². The predicted molar refractivity (Wildman–Crippen MR) is 83.7 cm³/mol. The molecule has 0 fully saturated rings. The Morgan fingerprint density at radius 3 is 2.05 bits per heavy atom. The van der Waals surface area contributed by atoms with Gasteiger partial charge >= 0.3 is 0 Å². The van der Waals surface area contributed by atoms with Gasteiger partial charge in [0.2, 0.25) is 0 Å². The normalized spacial score (nSPS) is 9.47. The summed E-state index contributed by atoms with van der Waals surface area (Å²) in [6.45, 7) is 9.05. The van der Waals surface area contributed by atoms with Crippen LogP contribution < -0.4 is 4.74 Å². The highest BCUT2D eigenvalue weighted by molar-refractivity contribution is 5.65. The Morgan fingerprint density at radius 1 is 0.842 bits per heavy atom. The molecule has 2 aromatic carbocycles. The van der Waals surface area contributed by atoms with E-state index in [1.165, 1.54) is 23.1 Å². The summed E-state index contributed by atoms with van der Waals surface area (Å²) >= 11 is 0. The van der Waals surface area contributed by atoms with Gasteiger partial charge in [0.1, 0.15) is 5.75 Å². The average Bonchev–Trinajstić information content (AvgIpc) is 2.40. The van der Waals surface area contributed by atoms with Crippen LogP contribution in [-0.2, 0) is 0 Å². The summed E-state index contributed by atoms with van der Waals surface area (Å²) in [6, 6.07) is 16.7. The minimum absolute atomic E-state index is 0.706. The first kappa shape index (κ1) is 15.3. The van der Waals surface area contributed by atoms with Crippen molar-refractivity contribution in [2.24, 2.45) is 0 Å². The van der Waals surface area contributed by atoms with Gasteiger partial charge in [-0.3, -0.25) is 0 Å². The lowest BCUT2D eigenvalue weighted by molar-refractivity contribution is 0.340. The second-order valence-corrected chi connectivity index (χ2v) is 4.54. The second-order valence-electron chi connectivity index (χ2n) is 4.54. The van der Waals surface area contributed by atoms with Crippen molar-refractivity contribution in [2.75, 3.05) is 6.61 Å². The molecule has 0 saturated carbocycles. The number of aryl methyl sites for hydroxylation is 1. The van der Waals surface area contributed by atoms with Crippen molar-refractivity contribution in [3.63, 3.8) is 0 Å². The quantitative estimate of drug-likeness (QED) is 0.706. The van der Waals surface area contributed by atoms with E-state index in [-0.39, 0.29) is 0 Å². The molecule has 0 saturated heterocycles. The fraction of sp³-hybridized carbons (Fsp3) is 0.333. The monoisotopic (exact) mass is 256 g/mol. The third-order valence-electron chi connectivity index (χ3n) is 2.47. The van der Waals surface area contributed by atoms with Crippen molar-refractivity contribution in [3.05, 3.63) is 54.1 Å². The lowest BCUT2D eigenvalue weighted by Gasteiger charge is -2.08. The smallest absolute Gasteiger partial charge is 0.120 e. The maximum Gasteiger partial charge on any atom is 0.120 e. The second kappa shape index (κ2) is 8.36. The number of ether oxygens (including phenoxy) is 1. The molecule has 0 aromatic heterocycles. The average molecular weight is 256 g/mol. The van der Waals surface area contributed by atoms with Gasteiger partial charge in [0, 0.05) is 0 Å². The van der Waals surface area contributed by atoms with E-state index in [0.717, 1.165) is 5.75 Å². The highest BCUT2D eigenvalue weighted by atomic mass is 16.5. The zero-order valence-corrected chi connectivity index (χ0v) is 12.4. The van der Waals surface area contributed by atoms with Crippen molar-refractivity contribution < 1.29 is 4.74 Å². The standard InChI is InChI=1S/C15H16O.C3H8/c1-3-16-15-10-12(2)9-14(11-15)13-7-5-4-6-8-13;1-3-2/h4-11H,3H2,1-2H3;3H2,1-2H3. The summed E-state index contributed by atoms with van der Waals surface area (Å²) in [5, 5.41) is 0. The van der Waals surface area contributed by atoms with Gasteiger partial charge in [-0.1, -0.05) is 56.7 Å². The molecule has 102 valence electrons. The lowest BCUT2D eigenvalue weighted by Crippen LogP contribution is -1.92. The number of hydrogen-bond donors (Lipinski definition) is 0. The summed E-state index contributed by atoms with van der Waals surface area (Å²) in [5.41, 5.74) is 3.67. The first-order chi connectivity index (χ1) is 9.21. The Hall–Kier alpha value is -1.76. The SMILES string of the molecule is CCC.CCOc1cc(C)cc(-c2ccccc2)c1. The van der Waals surface area contributed by atoms with Gasteiger partial charge in [-0.2, -0.15) is 0 Å². The van der Waals surface area contributed by atoms with Gasteiger partial charge in [-0.25, -0.2) is 0 Å². The molecular weight excluding hydrogens is 232 g/mol. The minimum Gasteiger partial charge on any atom is -0.494 e. The van der Waals surface area contributed by atoms with E-state index in [1.807, 2.05) is 13.0 Å². The van der Waals surface area contributed by atoms with Crippen LogP contribution >= 0.6 is 0 Å². The van der Waals surface area contributed by atoms with Crippen LogP contribution in [0.1, 0.15) is 32.8 Å². The van der Waals surface area contributed by atoms with Crippen LogP contribution in [0.2, 0.25) is 0 Å². The third kappa shape index (κ3) is 5.17. The molecule has 0 N–H and O–H groups in total. The fourth-order valence-corrected chi connectivity index (χ4v) is 1.80. The first-order valence-corrected chi connectivity index (χ1v) is 7.01. The Kier molecular flexibility index (Phi) is 6.73. The van der Waals surface area contributed by atoms with Gasteiger partial charge in [0.05, 0.1) is 6.61 Å². The molecule has 0 amide bonds. The Bertz CT molecular complexity index is 474. The van der Waals surface area contributed by atoms with Crippen LogP contribution in [0.15, 0.2) is 48.5 Å². The molecule has 0 aliphatic carbocycles. The highest BCUT2D eigenvalue weighted by Crippen LogP contribution is 2.25. The third-order valence-corrected chi connectivity index (χ3v) is 2.47. The van der Waals surface area contributed by atoms with Crippen molar-refractivity contribution >= 4 is 0 Å². The summed E-state index contributed by atoms with van der Waals surface area (Å²) in [4.78, 5) is 0. The summed E-state index contributed by atoms with van der Waals surface area (Å²) in [7, 11) is 0. The van der Waals surface area contributed by atoms with Crippen molar-refractivity contribution in [3.8, 4) is 16.9 Å². The van der Waals surface area contributed by atoms with Crippen molar-refractivity contribution in [2.45, 2.75) is 34.1 Å². The largest absolute Gasteiger partial charge is 0.494 e. The van der Waals surface area contributed by atoms with Gasteiger partial charge < -0.3 is 4.74 Å². The minimum atomic E-state index is 0.706. The molecule has 1 nitrogen and oxygen atoms in total. The summed E-state index contributed by atoms with van der Waals surface area (Å²) in [5.74, 6) is 0.946. The molecule has 2 rings (SSSR count). The zero-order valence-electron chi connectivity index (χ0n) is 12.4. The predicted octanol–water partition coefficient (Wildman–Crippen LogP) is 5.48. The Labute approximate surface area is 117 Å². The van der Waals surface area contributed by atoms with Crippen molar-refractivity contribution in [1.82, 2.24) is 0 Å². The molecule has 1 heteroatoms. The molecule has 0 bridgehead atoms. The lowest BCUT2D eigenvalue weighted by atomic mass is 10.0. The van der Waals surface area contributed by atoms with Crippen LogP contribution in [0, 0.1) is 6.92 Å². The first-order valence-electron chi connectivity index (χ1n) is 7.01. The molecular formula is C18H24O.